The normalized spacial score (nSPS) is 14.4. The average Bonchev–Trinajstić information content (AvgIpc) is 3.20. The van der Waals surface area contributed by atoms with Crippen molar-refractivity contribution in [1.29, 1.82) is 0 Å². The number of hydrogen-bond acceptors (Lipinski definition) is 3. The Morgan fingerprint density at radius 3 is 2.70 bits per heavy atom. The van der Waals surface area contributed by atoms with Crippen LogP contribution in [0.3, 0.4) is 0 Å². The number of rotatable bonds is 6. The Kier molecular flexibility index (Phi) is 3.50. The number of aromatic carboxylic acids is 1. The number of benzene rings is 1. The Morgan fingerprint density at radius 1 is 1.30 bits per heavy atom. The summed E-state index contributed by atoms with van der Waals surface area (Å²) in [5.74, 6) is -0.631. The molecule has 104 valence electrons. The highest BCUT2D eigenvalue weighted by molar-refractivity contribution is 5.86. The number of carboxylic acid groups (broad SMARTS) is 1. The Morgan fingerprint density at radius 2 is 2.05 bits per heavy atom. The molecule has 0 unspecified atom stereocenters. The molecule has 1 aromatic carbocycles. The van der Waals surface area contributed by atoms with Crippen molar-refractivity contribution < 1.29 is 9.90 Å². The van der Waals surface area contributed by atoms with Gasteiger partial charge in [0, 0.05) is 12.5 Å². The van der Waals surface area contributed by atoms with Gasteiger partial charge in [-0.3, -0.25) is 0 Å². The van der Waals surface area contributed by atoms with Crippen molar-refractivity contribution in [3.63, 3.8) is 0 Å². The molecular weight excluding hydrogens is 254 g/mol. The highest BCUT2D eigenvalue weighted by Gasteiger charge is 2.33. The molecule has 0 atom stereocenters. The van der Waals surface area contributed by atoms with Gasteiger partial charge in [-0.1, -0.05) is 35.5 Å². The van der Waals surface area contributed by atoms with Gasteiger partial charge in [-0.05, 0) is 31.2 Å². The van der Waals surface area contributed by atoms with Crippen LogP contribution in [-0.2, 0) is 13.0 Å². The van der Waals surface area contributed by atoms with Gasteiger partial charge in [0.05, 0.1) is 5.69 Å². The summed E-state index contributed by atoms with van der Waals surface area (Å²) in [4.78, 5) is 11.1. The molecule has 1 aliphatic carbocycles. The summed E-state index contributed by atoms with van der Waals surface area (Å²) >= 11 is 0. The van der Waals surface area contributed by atoms with Crippen LogP contribution in [0.4, 0.5) is 0 Å². The van der Waals surface area contributed by atoms with Gasteiger partial charge in [0.25, 0.3) is 0 Å². The van der Waals surface area contributed by atoms with Crippen LogP contribution in [0.5, 0.6) is 0 Å². The van der Waals surface area contributed by atoms with Crippen LogP contribution in [0.1, 0.15) is 46.9 Å². The van der Waals surface area contributed by atoms with Crippen LogP contribution >= 0.6 is 0 Å². The summed E-state index contributed by atoms with van der Waals surface area (Å²) in [6.07, 6.45) is 4.00. The number of nitrogens with zero attached hydrogens (tertiary/aromatic N) is 3. The molecule has 1 heterocycles. The molecule has 1 aliphatic rings. The molecule has 20 heavy (non-hydrogen) atoms. The third-order valence-electron chi connectivity index (χ3n) is 3.62. The lowest BCUT2D eigenvalue weighted by atomic mass is 10.1. The zero-order valence-corrected chi connectivity index (χ0v) is 11.2. The van der Waals surface area contributed by atoms with E-state index < -0.39 is 5.97 Å². The van der Waals surface area contributed by atoms with Crippen molar-refractivity contribution in [3.8, 4) is 0 Å². The Labute approximate surface area is 117 Å². The minimum Gasteiger partial charge on any atom is -0.476 e. The summed E-state index contributed by atoms with van der Waals surface area (Å²) in [6.45, 7) is 0.723. The molecule has 0 spiro atoms. The molecule has 0 bridgehead atoms. The van der Waals surface area contributed by atoms with Crippen molar-refractivity contribution >= 4 is 5.97 Å². The van der Waals surface area contributed by atoms with Crippen LogP contribution in [0.2, 0.25) is 0 Å². The molecular formula is C15H17N3O2. The van der Waals surface area contributed by atoms with E-state index in [1.165, 1.54) is 5.56 Å². The first-order chi connectivity index (χ1) is 9.75. The smallest absolute Gasteiger partial charge is 0.358 e. The Balaban J connectivity index is 1.67. The van der Waals surface area contributed by atoms with Gasteiger partial charge in [-0.15, -0.1) is 5.10 Å². The molecule has 0 radical (unpaired) electrons. The fourth-order valence-corrected chi connectivity index (χ4v) is 2.48. The highest BCUT2D eigenvalue weighted by Crippen LogP contribution is 2.41. The maximum absolute atomic E-state index is 11.1. The third-order valence-corrected chi connectivity index (χ3v) is 3.62. The summed E-state index contributed by atoms with van der Waals surface area (Å²) in [6, 6.07) is 10.3. The second kappa shape index (κ2) is 5.45. The zero-order chi connectivity index (χ0) is 13.9. The van der Waals surface area contributed by atoms with Crippen LogP contribution in [-0.4, -0.2) is 26.1 Å². The van der Waals surface area contributed by atoms with Crippen LogP contribution in [0.25, 0.3) is 0 Å². The lowest BCUT2D eigenvalue weighted by Gasteiger charge is -2.06. The fraction of sp³-hybridized carbons (Fsp3) is 0.400. The van der Waals surface area contributed by atoms with Gasteiger partial charge in [-0.2, -0.15) is 0 Å². The van der Waals surface area contributed by atoms with Crippen molar-refractivity contribution in [2.45, 2.75) is 38.1 Å². The van der Waals surface area contributed by atoms with Gasteiger partial charge >= 0.3 is 5.97 Å². The minimum atomic E-state index is -0.971. The topological polar surface area (TPSA) is 68.0 Å². The molecule has 0 saturated heterocycles. The standard InChI is InChI=1S/C15H17N3O2/c19-15(20)13-14(12-8-9-12)18(17-16-13)10-4-7-11-5-2-1-3-6-11/h1-3,5-6,12H,4,7-10H2,(H,19,20). The molecule has 0 amide bonds. The largest absolute Gasteiger partial charge is 0.476 e. The quantitative estimate of drug-likeness (QED) is 0.876. The van der Waals surface area contributed by atoms with E-state index in [0.717, 1.165) is 37.9 Å². The van der Waals surface area contributed by atoms with Gasteiger partial charge in [0.15, 0.2) is 5.69 Å². The Hall–Kier alpha value is -2.17. The van der Waals surface area contributed by atoms with E-state index in [9.17, 15) is 4.79 Å². The van der Waals surface area contributed by atoms with E-state index in [-0.39, 0.29) is 5.69 Å². The lowest BCUT2D eigenvalue weighted by Crippen LogP contribution is -2.08. The summed E-state index contributed by atoms with van der Waals surface area (Å²) in [5, 5.41) is 17.0. The number of carboxylic acids is 1. The molecule has 5 nitrogen and oxygen atoms in total. The SMILES string of the molecule is O=C(O)c1nnn(CCCc2ccccc2)c1C1CC1. The monoisotopic (exact) mass is 271 g/mol. The molecule has 1 saturated carbocycles. The van der Waals surface area contributed by atoms with Gasteiger partial charge < -0.3 is 5.11 Å². The first-order valence-corrected chi connectivity index (χ1v) is 6.96. The van der Waals surface area contributed by atoms with E-state index in [1.54, 1.807) is 4.68 Å². The Bertz CT molecular complexity index is 603. The van der Waals surface area contributed by atoms with Crippen LogP contribution < -0.4 is 0 Å². The van der Waals surface area contributed by atoms with E-state index in [1.807, 2.05) is 18.2 Å². The molecule has 1 N–H and O–H groups in total. The number of carbonyl (C=O) groups is 1. The highest BCUT2D eigenvalue weighted by atomic mass is 16.4. The second-order valence-corrected chi connectivity index (χ2v) is 5.22. The predicted octanol–water partition coefficient (Wildman–Crippen LogP) is 2.49. The molecule has 0 aliphatic heterocycles. The van der Waals surface area contributed by atoms with Gasteiger partial charge in [0.2, 0.25) is 0 Å². The lowest BCUT2D eigenvalue weighted by molar-refractivity contribution is 0.0689. The van der Waals surface area contributed by atoms with Crippen molar-refractivity contribution in [1.82, 2.24) is 15.0 Å². The molecule has 1 fully saturated rings. The number of hydrogen-bond donors (Lipinski definition) is 1. The number of aryl methyl sites for hydroxylation is 2. The van der Waals surface area contributed by atoms with Crippen molar-refractivity contribution in [2.75, 3.05) is 0 Å². The molecule has 3 rings (SSSR count). The predicted molar refractivity (Wildman–Crippen MR) is 73.7 cm³/mol. The molecule has 5 heteroatoms. The van der Waals surface area contributed by atoms with Gasteiger partial charge in [-0.25, -0.2) is 9.48 Å². The van der Waals surface area contributed by atoms with Crippen LogP contribution in [0.15, 0.2) is 30.3 Å². The van der Waals surface area contributed by atoms with Crippen LogP contribution in [0, 0.1) is 0 Å². The summed E-state index contributed by atoms with van der Waals surface area (Å²) in [7, 11) is 0. The number of aromatic nitrogens is 3. The second-order valence-electron chi connectivity index (χ2n) is 5.22. The zero-order valence-electron chi connectivity index (χ0n) is 11.2. The fourth-order valence-electron chi connectivity index (χ4n) is 2.48. The first-order valence-electron chi connectivity index (χ1n) is 6.96. The van der Waals surface area contributed by atoms with E-state index >= 15 is 0 Å². The summed E-state index contributed by atoms with van der Waals surface area (Å²) < 4.78 is 1.78. The van der Waals surface area contributed by atoms with E-state index in [4.69, 9.17) is 5.11 Å². The minimum absolute atomic E-state index is 0.132. The van der Waals surface area contributed by atoms with Crippen molar-refractivity contribution in [2.24, 2.45) is 0 Å². The summed E-state index contributed by atoms with van der Waals surface area (Å²) in [5.41, 5.74) is 2.23. The average molecular weight is 271 g/mol. The third kappa shape index (κ3) is 2.71. The maximum atomic E-state index is 11.1. The van der Waals surface area contributed by atoms with E-state index in [2.05, 4.69) is 22.4 Å². The molecule has 2 aromatic rings. The molecule has 1 aromatic heterocycles. The van der Waals surface area contributed by atoms with Gasteiger partial charge in [0.1, 0.15) is 0 Å². The van der Waals surface area contributed by atoms with E-state index in [0.29, 0.717) is 5.92 Å². The first kappa shape index (κ1) is 12.8. The van der Waals surface area contributed by atoms with Crippen molar-refractivity contribution in [3.05, 3.63) is 47.3 Å². The maximum Gasteiger partial charge on any atom is 0.358 e.